The maximum absolute atomic E-state index is 9.30. The van der Waals surface area contributed by atoms with Gasteiger partial charge in [0.1, 0.15) is 5.84 Å². The average Bonchev–Trinajstić information content (AvgIpc) is 3.07. The molecule has 4 heteroatoms. The van der Waals surface area contributed by atoms with Gasteiger partial charge in [-0.3, -0.25) is 4.99 Å². The van der Waals surface area contributed by atoms with Gasteiger partial charge in [-0.25, -0.2) is 4.99 Å². The summed E-state index contributed by atoms with van der Waals surface area (Å²) in [4.78, 5) is 9.67. The first-order valence-corrected chi connectivity index (χ1v) is 14.1. The number of nitriles is 1. The van der Waals surface area contributed by atoms with Crippen molar-refractivity contribution in [1.29, 1.82) is 5.26 Å². The lowest BCUT2D eigenvalue weighted by molar-refractivity contribution is 1.01. The molecule has 0 saturated heterocycles. The summed E-state index contributed by atoms with van der Waals surface area (Å²) < 4.78 is 0. The molecule has 0 amide bonds. The molecular weight excluding hydrogens is 512 g/mol. The molecule has 0 atom stereocenters. The number of rotatable bonds is 6. The summed E-state index contributed by atoms with van der Waals surface area (Å²) >= 11 is 0. The van der Waals surface area contributed by atoms with Crippen LogP contribution in [0, 0.1) is 11.3 Å². The molecule has 0 aliphatic heterocycles. The molecule has 0 bridgehead atoms. The number of amidine groups is 2. The second-order valence-corrected chi connectivity index (χ2v) is 10.3. The number of benzene rings is 5. The van der Waals surface area contributed by atoms with E-state index in [1.54, 1.807) is 0 Å². The van der Waals surface area contributed by atoms with E-state index in [-0.39, 0.29) is 0 Å². The summed E-state index contributed by atoms with van der Waals surface area (Å²) in [5, 5.41) is 11.7. The van der Waals surface area contributed by atoms with Crippen molar-refractivity contribution in [2.45, 2.75) is 19.4 Å². The molecule has 0 heterocycles. The second-order valence-electron chi connectivity index (χ2n) is 10.3. The number of nitrogens with zero attached hydrogens (tertiary/aromatic N) is 3. The number of allylic oxidation sites excluding steroid dienone is 4. The molecule has 42 heavy (non-hydrogen) atoms. The Kier molecular flexibility index (Phi) is 7.83. The smallest absolute Gasteiger partial charge is 0.157 e. The van der Waals surface area contributed by atoms with Crippen molar-refractivity contribution in [3.05, 3.63) is 161 Å². The molecule has 1 aliphatic rings. The summed E-state index contributed by atoms with van der Waals surface area (Å²) in [6.45, 7) is 0.507. The molecule has 5 aromatic rings. The lowest BCUT2D eigenvalue weighted by Crippen LogP contribution is -2.16. The van der Waals surface area contributed by atoms with Gasteiger partial charge in [-0.15, -0.1) is 0 Å². The number of hydrogen-bond acceptors (Lipinski definition) is 2. The minimum absolute atomic E-state index is 0.430. The predicted octanol–water partition coefficient (Wildman–Crippen LogP) is 8.49. The standard InChI is InChI=1S/C38H30N4/c39-25-27-17-19-29(20-18-27)34-15-7-13-31-14-8-16-35(36(31)34)30-21-23-33(24-22-30)38(41-26-28-9-3-1-4-10-28)42-37(40)32-11-5-2-6-12-32/h1-17,19,21-24H,18,20,26H2,(H2,40,41,42). The quantitative estimate of drug-likeness (QED) is 0.173. The molecule has 0 unspecified atom stereocenters. The summed E-state index contributed by atoms with van der Waals surface area (Å²) in [5.74, 6) is 1.03. The Balaban J connectivity index is 1.39. The molecule has 202 valence electrons. The van der Waals surface area contributed by atoms with E-state index in [0.717, 1.165) is 40.7 Å². The average molecular weight is 543 g/mol. The first-order chi connectivity index (χ1) is 20.7. The van der Waals surface area contributed by atoms with Crippen LogP contribution in [0.2, 0.25) is 0 Å². The van der Waals surface area contributed by atoms with Crippen molar-refractivity contribution in [2.24, 2.45) is 15.7 Å². The normalized spacial score (nSPS) is 13.8. The van der Waals surface area contributed by atoms with Crippen LogP contribution in [-0.4, -0.2) is 11.7 Å². The van der Waals surface area contributed by atoms with Crippen molar-refractivity contribution < 1.29 is 0 Å². The first kappa shape index (κ1) is 26.7. The molecule has 4 nitrogen and oxygen atoms in total. The highest BCUT2D eigenvalue weighted by atomic mass is 15.0. The van der Waals surface area contributed by atoms with E-state index in [1.165, 1.54) is 27.5 Å². The van der Waals surface area contributed by atoms with E-state index in [0.29, 0.717) is 18.2 Å². The largest absolute Gasteiger partial charge is 0.383 e. The third-order valence-corrected chi connectivity index (χ3v) is 7.55. The van der Waals surface area contributed by atoms with Gasteiger partial charge in [0.25, 0.3) is 0 Å². The maximum atomic E-state index is 9.30. The van der Waals surface area contributed by atoms with Crippen molar-refractivity contribution in [2.75, 3.05) is 0 Å². The fourth-order valence-electron chi connectivity index (χ4n) is 5.33. The zero-order chi connectivity index (χ0) is 28.7. The lowest BCUT2D eigenvalue weighted by atomic mass is 9.87. The van der Waals surface area contributed by atoms with Gasteiger partial charge >= 0.3 is 0 Å². The Morgan fingerprint density at radius 2 is 1.38 bits per heavy atom. The highest BCUT2D eigenvalue weighted by Crippen LogP contribution is 2.37. The molecule has 6 rings (SSSR count). The molecule has 0 aromatic heterocycles. The third-order valence-electron chi connectivity index (χ3n) is 7.55. The molecule has 1 aliphatic carbocycles. The number of fused-ring (bicyclic) bond motifs is 1. The van der Waals surface area contributed by atoms with Crippen LogP contribution in [0.5, 0.6) is 0 Å². The Hall–Kier alpha value is -5.53. The SMILES string of the molecule is N#CC1=CC=C(c2cccc3cccc(-c4ccc(C(N=C(N)c5ccccc5)=NCc5ccccc5)cc4)c23)CC1. The fourth-order valence-corrected chi connectivity index (χ4v) is 5.33. The van der Waals surface area contributed by atoms with Crippen molar-refractivity contribution in [1.82, 2.24) is 0 Å². The van der Waals surface area contributed by atoms with E-state index in [4.69, 9.17) is 15.7 Å². The van der Waals surface area contributed by atoms with Gasteiger partial charge in [-0.2, -0.15) is 5.26 Å². The Morgan fingerprint density at radius 3 is 2.05 bits per heavy atom. The molecule has 2 N–H and O–H groups in total. The van der Waals surface area contributed by atoms with Gasteiger partial charge < -0.3 is 5.73 Å². The van der Waals surface area contributed by atoms with Gasteiger partial charge in [-0.1, -0.05) is 127 Å². The Labute approximate surface area is 246 Å². The van der Waals surface area contributed by atoms with Crippen molar-refractivity contribution >= 4 is 28.0 Å². The van der Waals surface area contributed by atoms with E-state index in [1.807, 2.05) is 54.6 Å². The molecule has 0 spiro atoms. The summed E-state index contributed by atoms with van der Waals surface area (Å²) in [6, 6.07) is 43.5. The van der Waals surface area contributed by atoms with Gasteiger partial charge in [-0.05, 0) is 57.5 Å². The van der Waals surface area contributed by atoms with E-state index in [2.05, 4.69) is 84.9 Å². The van der Waals surface area contributed by atoms with Crippen LogP contribution < -0.4 is 5.73 Å². The van der Waals surface area contributed by atoms with E-state index >= 15 is 0 Å². The van der Waals surface area contributed by atoms with Crippen LogP contribution in [0.4, 0.5) is 0 Å². The molecule has 0 radical (unpaired) electrons. The molecule has 0 fully saturated rings. The molecule has 5 aromatic carbocycles. The van der Waals surface area contributed by atoms with Gasteiger partial charge in [0.2, 0.25) is 0 Å². The highest BCUT2D eigenvalue weighted by Gasteiger charge is 2.15. The summed E-state index contributed by atoms with van der Waals surface area (Å²) in [7, 11) is 0. The minimum atomic E-state index is 0.430. The van der Waals surface area contributed by atoms with E-state index < -0.39 is 0 Å². The maximum Gasteiger partial charge on any atom is 0.157 e. The zero-order valence-electron chi connectivity index (χ0n) is 23.2. The van der Waals surface area contributed by atoms with Crippen molar-refractivity contribution in [3.8, 4) is 17.2 Å². The topological polar surface area (TPSA) is 74.5 Å². The van der Waals surface area contributed by atoms with E-state index in [9.17, 15) is 5.26 Å². The van der Waals surface area contributed by atoms with Gasteiger partial charge in [0.15, 0.2) is 5.84 Å². The summed E-state index contributed by atoms with van der Waals surface area (Å²) in [5.41, 5.74) is 14.9. The minimum Gasteiger partial charge on any atom is -0.383 e. The van der Waals surface area contributed by atoms with Crippen molar-refractivity contribution in [3.63, 3.8) is 0 Å². The summed E-state index contributed by atoms with van der Waals surface area (Å²) in [6.07, 6.45) is 5.68. The predicted molar refractivity (Wildman–Crippen MR) is 174 cm³/mol. The highest BCUT2D eigenvalue weighted by molar-refractivity contribution is 6.11. The number of hydrogen-bond donors (Lipinski definition) is 1. The third kappa shape index (κ3) is 5.82. The number of aliphatic imine (C=N–C) groups is 2. The van der Waals surface area contributed by atoms with Gasteiger partial charge in [0, 0.05) is 16.7 Å². The number of nitrogens with two attached hydrogens (primary N) is 1. The van der Waals surface area contributed by atoms with Crippen LogP contribution in [-0.2, 0) is 6.54 Å². The zero-order valence-corrected chi connectivity index (χ0v) is 23.2. The Morgan fingerprint density at radius 1 is 0.690 bits per heavy atom. The monoisotopic (exact) mass is 542 g/mol. The van der Waals surface area contributed by atoms with Crippen LogP contribution in [0.1, 0.15) is 35.1 Å². The fraction of sp³-hybridized carbons (Fsp3) is 0.0789. The molecular formula is C38H30N4. The van der Waals surface area contributed by atoms with Crippen LogP contribution in [0.15, 0.2) is 149 Å². The van der Waals surface area contributed by atoms with Gasteiger partial charge in [0.05, 0.1) is 12.6 Å². The lowest BCUT2D eigenvalue weighted by Gasteiger charge is -2.17. The van der Waals surface area contributed by atoms with Crippen LogP contribution in [0.25, 0.3) is 27.5 Å². The first-order valence-electron chi connectivity index (χ1n) is 14.1. The van der Waals surface area contributed by atoms with Crippen LogP contribution in [0.3, 0.4) is 0 Å². The Bertz CT molecular complexity index is 1880. The second kappa shape index (κ2) is 12.3. The molecule has 0 saturated carbocycles. The van der Waals surface area contributed by atoms with Crippen LogP contribution >= 0.6 is 0 Å².